The van der Waals surface area contributed by atoms with Crippen LogP contribution in [0, 0.1) is 12.3 Å². The Morgan fingerprint density at radius 2 is 1.00 bits per heavy atom. The summed E-state index contributed by atoms with van der Waals surface area (Å²) in [4.78, 5) is 2.28. The SMILES string of the molecule is C#C/C(=C\C=C/Cc1ccc(N(c2ccc(-c3cccc4c3oc3ccccc34)cc2)c2ccc(-c3cccc4c3oc3ccccc34)cc2)cc1)c1ccccc1O. The number of allylic oxidation sites excluding steroid dienone is 4. The van der Waals surface area contributed by atoms with E-state index >= 15 is 0 Å². The summed E-state index contributed by atoms with van der Waals surface area (Å²) < 4.78 is 12.8. The van der Waals surface area contributed by atoms with Crippen molar-refractivity contribution in [3.8, 4) is 40.3 Å². The van der Waals surface area contributed by atoms with Crippen LogP contribution in [0.3, 0.4) is 0 Å². The van der Waals surface area contributed by atoms with Crippen LogP contribution >= 0.6 is 0 Å². The smallest absolute Gasteiger partial charge is 0.143 e. The number of hydrogen-bond donors (Lipinski definition) is 1. The molecule has 59 heavy (non-hydrogen) atoms. The normalized spacial score (nSPS) is 11.9. The molecule has 0 bridgehead atoms. The summed E-state index contributed by atoms with van der Waals surface area (Å²) in [7, 11) is 0. The van der Waals surface area contributed by atoms with Crippen molar-refractivity contribution in [2.24, 2.45) is 0 Å². The molecule has 0 radical (unpaired) electrons. The maximum absolute atomic E-state index is 10.3. The second-order valence-corrected chi connectivity index (χ2v) is 14.5. The second-order valence-electron chi connectivity index (χ2n) is 14.5. The number of furan rings is 2. The summed E-state index contributed by atoms with van der Waals surface area (Å²) in [6, 6.07) is 62.3. The third-order valence-electron chi connectivity index (χ3n) is 11.0. The average molecular weight is 760 g/mol. The molecular weight excluding hydrogens is 723 g/mol. The van der Waals surface area contributed by atoms with Crippen LogP contribution in [0.15, 0.2) is 209 Å². The highest BCUT2D eigenvalue weighted by atomic mass is 16.3. The lowest BCUT2D eigenvalue weighted by Crippen LogP contribution is -2.10. The molecule has 0 saturated heterocycles. The predicted octanol–water partition coefficient (Wildman–Crippen LogP) is 14.8. The van der Waals surface area contributed by atoms with Gasteiger partial charge in [-0.05, 0) is 83.8 Å². The van der Waals surface area contributed by atoms with Crippen LogP contribution in [0.4, 0.5) is 17.1 Å². The van der Waals surface area contributed by atoms with Crippen molar-refractivity contribution in [2.45, 2.75) is 6.42 Å². The Kier molecular flexibility index (Phi) is 9.10. The lowest BCUT2D eigenvalue weighted by molar-refractivity contribution is 0.474. The Morgan fingerprint density at radius 3 is 1.53 bits per heavy atom. The molecule has 0 saturated carbocycles. The molecule has 2 aromatic heterocycles. The second kappa shape index (κ2) is 15.2. The number of aromatic hydroxyl groups is 1. The van der Waals surface area contributed by atoms with E-state index in [4.69, 9.17) is 15.3 Å². The van der Waals surface area contributed by atoms with Crippen LogP contribution in [0.5, 0.6) is 5.75 Å². The number of fused-ring (bicyclic) bond motifs is 6. The zero-order valence-electron chi connectivity index (χ0n) is 32.0. The molecule has 4 heteroatoms. The van der Waals surface area contributed by atoms with Gasteiger partial charge in [0, 0.05) is 60.9 Å². The van der Waals surface area contributed by atoms with Gasteiger partial charge < -0.3 is 18.8 Å². The molecule has 0 amide bonds. The van der Waals surface area contributed by atoms with Crippen LogP contribution < -0.4 is 4.90 Å². The number of benzene rings is 8. The minimum atomic E-state index is 0.168. The topological polar surface area (TPSA) is 49.8 Å². The van der Waals surface area contributed by atoms with E-state index in [1.165, 1.54) is 0 Å². The Morgan fingerprint density at radius 1 is 0.525 bits per heavy atom. The molecule has 1 N–H and O–H groups in total. The summed E-state index contributed by atoms with van der Waals surface area (Å²) in [5, 5.41) is 14.7. The first kappa shape index (κ1) is 35.4. The van der Waals surface area contributed by atoms with E-state index in [9.17, 15) is 5.11 Å². The molecule has 0 atom stereocenters. The van der Waals surface area contributed by atoms with Crippen LogP contribution in [-0.4, -0.2) is 5.11 Å². The largest absolute Gasteiger partial charge is 0.507 e. The number of anilines is 3. The van der Waals surface area contributed by atoms with Gasteiger partial charge in [-0.25, -0.2) is 0 Å². The summed E-state index contributed by atoms with van der Waals surface area (Å²) in [6.07, 6.45) is 12.4. The highest BCUT2D eigenvalue weighted by Gasteiger charge is 2.17. The van der Waals surface area contributed by atoms with Gasteiger partial charge in [0.2, 0.25) is 0 Å². The molecule has 10 rings (SSSR count). The van der Waals surface area contributed by atoms with E-state index in [-0.39, 0.29) is 5.75 Å². The monoisotopic (exact) mass is 759 g/mol. The molecule has 0 aliphatic heterocycles. The Bertz CT molecular complexity index is 3090. The van der Waals surface area contributed by atoms with Gasteiger partial charge in [0.25, 0.3) is 0 Å². The molecule has 280 valence electrons. The number of para-hydroxylation sites is 5. The van der Waals surface area contributed by atoms with Crippen molar-refractivity contribution in [2.75, 3.05) is 4.90 Å². The van der Waals surface area contributed by atoms with Crippen molar-refractivity contribution in [1.82, 2.24) is 0 Å². The number of nitrogens with zero attached hydrogens (tertiary/aromatic N) is 1. The zero-order chi connectivity index (χ0) is 39.7. The Balaban J connectivity index is 0.986. The molecule has 0 unspecified atom stereocenters. The van der Waals surface area contributed by atoms with Gasteiger partial charge in [-0.1, -0.05) is 145 Å². The number of rotatable bonds is 9. The summed E-state index contributed by atoms with van der Waals surface area (Å²) >= 11 is 0. The standard InChI is InChI=1S/C55H37NO3/c1-2-38(44-15-5-8-22-51(44)57)14-4-3-13-37-25-31-41(32-26-37)56(42-33-27-39(28-34-42)45-18-11-20-49-47-16-6-9-23-52(47)58-54(45)49)43-35-29-40(30-36-43)46-19-12-21-50-48-17-7-10-24-53(48)59-55(46)50/h1,3-12,14-36,57H,13H2/b4-3-,38-14+. The number of phenolic OH excluding ortho intramolecular Hbond substituents is 1. The maximum Gasteiger partial charge on any atom is 0.143 e. The maximum atomic E-state index is 10.3. The molecule has 2 heterocycles. The minimum absolute atomic E-state index is 0.168. The minimum Gasteiger partial charge on any atom is -0.507 e. The van der Waals surface area contributed by atoms with E-state index in [1.54, 1.807) is 12.1 Å². The summed E-state index contributed by atoms with van der Waals surface area (Å²) in [6.45, 7) is 0. The molecule has 8 aromatic carbocycles. The van der Waals surface area contributed by atoms with Gasteiger partial charge >= 0.3 is 0 Å². The van der Waals surface area contributed by atoms with Crippen molar-refractivity contribution in [3.63, 3.8) is 0 Å². The van der Waals surface area contributed by atoms with E-state index < -0.39 is 0 Å². The molecule has 10 aromatic rings. The number of hydrogen-bond acceptors (Lipinski definition) is 4. The van der Waals surface area contributed by atoms with Crippen LogP contribution in [0.1, 0.15) is 11.1 Å². The summed E-state index contributed by atoms with van der Waals surface area (Å²) in [5.41, 5.74) is 13.4. The van der Waals surface area contributed by atoms with E-state index in [2.05, 4.69) is 150 Å². The van der Waals surface area contributed by atoms with Gasteiger partial charge in [-0.15, -0.1) is 6.42 Å². The van der Waals surface area contributed by atoms with Gasteiger partial charge in [-0.2, -0.15) is 0 Å². The van der Waals surface area contributed by atoms with Crippen molar-refractivity contribution < 1.29 is 13.9 Å². The lowest BCUT2D eigenvalue weighted by atomic mass is 10.0. The lowest BCUT2D eigenvalue weighted by Gasteiger charge is -2.26. The van der Waals surface area contributed by atoms with E-state index in [0.29, 0.717) is 11.1 Å². The highest BCUT2D eigenvalue weighted by Crippen LogP contribution is 2.41. The van der Waals surface area contributed by atoms with Crippen LogP contribution in [-0.2, 0) is 6.42 Å². The summed E-state index contributed by atoms with van der Waals surface area (Å²) in [5.74, 6) is 2.86. The van der Waals surface area contributed by atoms with Gasteiger partial charge in [0.05, 0.1) is 0 Å². The first-order valence-electron chi connectivity index (χ1n) is 19.7. The van der Waals surface area contributed by atoms with Crippen molar-refractivity contribution in [1.29, 1.82) is 0 Å². The Labute approximate surface area is 342 Å². The predicted molar refractivity (Wildman–Crippen MR) is 244 cm³/mol. The van der Waals surface area contributed by atoms with Gasteiger partial charge in [-0.3, -0.25) is 0 Å². The van der Waals surface area contributed by atoms with Crippen molar-refractivity contribution in [3.05, 3.63) is 211 Å². The van der Waals surface area contributed by atoms with Crippen LogP contribution in [0.25, 0.3) is 71.7 Å². The molecule has 0 spiro atoms. The number of terminal acetylenes is 1. The fourth-order valence-corrected chi connectivity index (χ4v) is 8.04. The third kappa shape index (κ3) is 6.61. The fraction of sp³-hybridized carbons (Fsp3) is 0.0182. The van der Waals surface area contributed by atoms with E-state index in [1.807, 2.05) is 48.6 Å². The van der Waals surface area contributed by atoms with Crippen molar-refractivity contribution >= 4 is 66.5 Å². The third-order valence-corrected chi connectivity index (χ3v) is 11.0. The Hall–Kier alpha value is -8.00. The molecule has 4 nitrogen and oxygen atoms in total. The molecule has 0 fully saturated rings. The zero-order valence-corrected chi connectivity index (χ0v) is 32.0. The van der Waals surface area contributed by atoms with Crippen LogP contribution in [0.2, 0.25) is 0 Å². The van der Waals surface area contributed by atoms with Gasteiger partial charge in [0.15, 0.2) is 0 Å². The fourth-order valence-electron chi connectivity index (χ4n) is 8.04. The number of phenols is 1. The molecular formula is C55H37NO3. The molecule has 0 aliphatic rings. The quantitative estimate of drug-likeness (QED) is 0.118. The highest BCUT2D eigenvalue weighted by molar-refractivity contribution is 6.10. The van der Waals surface area contributed by atoms with E-state index in [0.717, 1.165) is 95.2 Å². The first-order chi connectivity index (χ1) is 29.1. The first-order valence-corrected chi connectivity index (χ1v) is 19.7. The van der Waals surface area contributed by atoms with Gasteiger partial charge in [0.1, 0.15) is 28.1 Å². The molecule has 0 aliphatic carbocycles. The average Bonchev–Trinajstić information content (AvgIpc) is 3.87.